The Balaban J connectivity index is 3.70. The van der Waals surface area contributed by atoms with E-state index in [2.05, 4.69) is 17.9 Å². The summed E-state index contributed by atoms with van der Waals surface area (Å²) in [5, 5.41) is 0. The van der Waals surface area contributed by atoms with E-state index in [1.165, 1.54) is 0 Å². The van der Waals surface area contributed by atoms with E-state index in [1.54, 1.807) is 6.92 Å². The summed E-state index contributed by atoms with van der Waals surface area (Å²) in [6, 6.07) is 0. The van der Waals surface area contributed by atoms with Gasteiger partial charge in [-0.3, -0.25) is 0 Å². The molecule has 0 N–H and O–H groups in total. The highest BCUT2D eigenvalue weighted by molar-refractivity contribution is 5.85. The van der Waals surface area contributed by atoms with Crippen LogP contribution in [0.1, 0.15) is 6.92 Å². The second-order valence-electron chi connectivity index (χ2n) is 1.43. The molecule has 0 spiro atoms. The highest BCUT2D eigenvalue weighted by atomic mass is 16.6. The summed E-state index contributed by atoms with van der Waals surface area (Å²) in [5.41, 5.74) is 0. The van der Waals surface area contributed by atoms with Crippen LogP contribution in [0.4, 0.5) is 0 Å². The first-order chi connectivity index (χ1) is 4.72. The van der Waals surface area contributed by atoms with E-state index in [-0.39, 0.29) is 5.76 Å². The fourth-order valence-corrected chi connectivity index (χ4v) is 0.375. The molecule has 0 saturated carbocycles. The molecule has 0 radical (unpaired) electrons. The topological polar surface area (TPSA) is 35.5 Å². The van der Waals surface area contributed by atoms with Gasteiger partial charge in [0.2, 0.25) is 0 Å². The predicted molar refractivity (Wildman–Crippen MR) is 37.1 cm³/mol. The Bertz CT molecular complexity index is 149. The van der Waals surface area contributed by atoms with Crippen LogP contribution in [-0.2, 0) is 14.3 Å². The number of hydrogen-bond acceptors (Lipinski definition) is 3. The van der Waals surface area contributed by atoms with Crippen molar-refractivity contribution < 1.29 is 14.3 Å². The second kappa shape index (κ2) is 4.61. The Hall–Kier alpha value is -1.25. The zero-order valence-corrected chi connectivity index (χ0v) is 5.92. The molecule has 0 amide bonds. The third-order valence-electron chi connectivity index (χ3n) is 0.737. The zero-order valence-electron chi connectivity index (χ0n) is 5.92. The first kappa shape index (κ1) is 8.75. The highest BCUT2D eigenvalue weighted by Crippen LogP contribution is 1.95. The first-order valence-corrected chi connectivity index (χ1v) is 2.86. The van der Waals surface area contributed by atoms with Crippen molar-refractivity contribution in [1.29, 1.82) is 0 Å². The van der Waals surface area contributed by atoms with Crippen LogP contribution in [0.2, 0.25) is 0 Å². The van der Waals surface area contributed by atoms with Crippen molar-refractivity contribution >= 4 is 5.97 Å². The normalized spacial score (nSPS) is 8.10. The molecule has 0 rings (SSSR count). The monoisotopic (exact) mass is 142 g/mol. The van der Waals surface area contributed by atoms with Gasteiger partial charge >= 0.3 is 5.97 Å². The van der Waals surface area contributed by atoms with Crippen LogP contribution in [-0.4, -0.2) is 12.6 Å². The average Bonchev–Trinajstić information content (AvgIpc) is 1.89. The molecule has 0 aromatic heterocycles. The third-order valence-corrected chi connectivity index (χ3v) is 0.737. The van der Waals surface area contributed by atoms with Crippen molar-refractivity contribution in [2.45, 2.75) is 6.92 Å². The maximum Gasteiger partial charge on any atom is 0.377 e. The molecule has 3 heteroatoms. The number of hydrogen-bond donors (Lipinski definition) is 0. The average molecular weight is 142 g/mol. The summed E-state index contributed by atoms with van der Waals surface area (Å²) in [5.74, 6) is -0.598. The van der Waals surface area contributed by atoms with Crippen molar-refractivity contribution in [3.8, 4) is 0 Å². The van der Waals surface area contributed by atoms with Crippen LogP contribution in [0.25, 0.3) is 0 Å². The zero-order chi connectivity index (χ0) is 7.98. The number of ether oxygens (including phenoxy) is 2. The molecule has 0 heterocycles. The molecule has 0 aliphatic rings. The fourth-order valence-electron chi connectivity index (χ4n) is 0.375. The summed E-state index contributed by atoms with van der Waals surface area (Å²) < 4.78 is 9.10. The molecule has 0 atom stereocenters. The van der Waals surface area contributed by atoms with Gasteiger partial charge in [-0.2, -0.15) is 0 Å². The Kier molecular flexibility index (Phi) is 4.04. The summed E-state index contributed by atoms with van der Waals surface area (Å²) in [4.78, 5) is 10.6. The summed E-state index contributed by atoms with van der Waals surface area (Å²) in [6.07, 6.45) is 1.03. The van der Waals surface area contributed by atoms with Gasteiger partial charge < -0.3 is 9.47 Å². The van der Waals surface area contributed by atoms with E-state index in [0.717, 1.165) is 6.26 Å². The predicted octanol–water partition coefficient (Wildman–Crippen LogP) is 1.22. The van der Waals surface area contributed by atoms with Gasteiger partial charge in [0.15, 0.2) is 5.76 Å². The van der Waals surface area contributed by atoms with E-state index < -0.39 is 5.97 Å². The maximum absolute atomic E-state index is 10.6. The van der Waals surface area contributed by atoms with Gasteiger partial charge in [-0.25, -0.2) is 4.79 Å². The maximum atomic E-state index is 10.6. The van der Waals surface area contributed by atoms with Crippen molar-refractivity contribution in [2.24, 2.45) is 0 Å². The lowest BCUT2D eigenvalue weighted by Crippen LogP contribution is -2.05. The van der Waals surface area contributed by atoms with Gasteiger partial charge in [-0.1, -0.05) is 6.58 Å². The third kappa shape index (κ3) is 2.91. The quantitative estimate of drug-likeness (QED) is 0.336. The Labute approximate surface area is 59.9 Å². The molecule has 0 fully saturated rings. The summed E-state index contributed by atoms with van der Waals surface area (Å²) >= 11 is 0. The van der Waals surface area contributed by atoms with E-state index in [0.29, 0.717) is 6.61 Å². The van der Waals surface area contributed by atoms with Crippen molar-refractivity contribution in [3.05, 3.63) is 25.2 Å². The number of esters is 1. The van der Waals surface area contributed by atoms with Gasteiger partial charge in [0.05, 0.1) is 12.9 Å². The van der Waals surface area contributed by atoms with Gasteiger partial charge in [0.25, 0.3) is 0 Å². The lowest BCUT2D eigenvalue weighted by molar-refractivity contribution is -0.137. The van der Waals surface area contributed by atoms with Crippen LogP contribution in [0.5, 0.6) is 0 Å². The van der Waals surface area contributed by atoms with Crippen molar-refractivity contribution in [3.63, 3.8) is 0 Å². The standard InChI is InChI=1S/C7H10O3/c1-4-9-6(3)7(8)10-5-2/h5H,2-4H2,1H3. The van der Waals surface area contributed by atoms with Gasteiger partial charge in [-0.05, 0) is 13.5 Å². The molecule has 56 valence electrons. The molecular weight excluding hydrogens is 132 g/mol. The van der Waals surface area contributed by atoms with Crippen LogP contribution in [0, 0.1) is 0 Å². The van der Waals surface area contributed by atoms with E-state index in [9.17, 15) is 4.79 Å². The Morgan fingerprint density at radius 3 is 2.70 bits per heavy atom. The van der Waals surface area contributed by atoms with Crippen molar-refractivity contribution in [2.75, 3.05) is 6.61 Å². The molecule has 0 unspecified atom stereocenters. The molecule has 0 aromatic carbocycles. The molecular formula is C7H10O3. The molecule has 0 aromatic rings. The van der Waals surface area contributed by atoms with E-state index in [1.807, 2.05) is 0 Å². The number of carbonyl (C=O) groups excluding carboxylic acids is 1. The lowest BCUT2D eigenvalue weighted by atomic mass is 10.6. The molecule has 0 aliphatic carbocycles. The van der Waals surface area contributed by atoms with Gasteiger partial charge in [0.1, 0.15) is 0 Å². The number of carbonyl (C=O) groups is 1. The van der Waals surface area contributed by atoms with Gasteiger partial charge in [-0.15, -0.1) is 0 Å². The molecule has 0 saturated heterocycles. The van der Waals surface area contributed by atoms with Crippen LogP contribution < -0.4 is 0 Å². The van der Waals surface area contributed by atoms with E-state index in [4.69, 9.17) is 4.74 Å². The lowest BCUT2D eigenvalue weighted by Gasteiger charge is -2.02. The van der Waals surface area contributed by atoms with Gasteiger partial charge in [0, 0.05) is 0 Å². The largest absolute Gasteiger partial charge is 0.487 e. The molecule has 0 aliphatic heterocycles. The minimum atomic E-state index is -0.600. The molecule has 0 bridgehead atoms. The Morgan fingerprint density at radius 1 is 1.70 bits per heavy atom. The first-order valence-electron chi connectivity index (χ1n) is 2.86. The van der Waals surface area contributed by atoms with Crippen LogP contribution in [0.3, 0.4) is 0 Å². The SMILES string of the molecule is C=COC(=O)C(=C)OCC. The summed E-state index contributed by atoms with van der Waals surface area (Å²) in [6.45, 7) is 8.69. The number of rotatable bonds is 4. The molecule has 3 nitrogen and oxygen atoms in total. The molecule has 10 heavy (non-hydrogen) atoms. The van der Waals surface area contributed by atoms with Crippen LogP contribution in [0.15, 0.2) is 25.2 Å². The minimum absolute atomic E-state index is 0.00222. The summed E-state index contributed by atoms with van der Waals surface area (Å²) in [7, 11) is 0. The van der Waals surface area contributed by atoms with Crippen molar-refractivity contribution in [1.82, 2.24) is 0 Å². The smallest absolute Gasteiger partial charge is 0.377 e. The van der Waals surface area contributed by atoms with E-state index >= 15 is 0 Å². The fraction of sp³-hybridized carbons (Fsp3) is 0.286. The van der Waals surface area contributed by atoms with Crippen LogP contribution >= 0.6 is 0 Å². The minimum Gasteiger partial charge on any atom is -0.487 e. The Morgan fingerprint density at radius 2 is 2.30 bits per heavy atom. The highest BCUT2D eigenvalue weighted by Gasteiger charge is 2.05. The second-order valence-corrected chi connectivity index (χ2v) is 1.43.